The van der Waals surface area contributed by atoms with Gasteiger partial charge in [-0.1, -0.05) is 12.1 Å². The zero-order valence-corrected chi connectivity index (χ0v) is 16.4. The molecule has 0 aliphatic heterocycles. The Morgan fingerprint density at radius 3 is 2.64 bits per heavy atom. The van der Waals surface area contributed by atoms with Gasteiger partial charge in [0, 0.05) is 31.4 Å². The highest BCUT2D eigenvalue weighted by Crippen LogP contribution is 2.21. The maximum Gasteiger partial charge on any atom is 0.211 e. The molecule has 0 bridgehead atoms. The van der Waals surface area contributed by atoms with Crippen LogP contribution in [0.5, 0.6) is 0 Å². The van der Waals surface area contributed by atoms with E-state index in [1.54, 1.807) is 23.3 Å². The molecule has 0 aliphatic carbocycles. The number of anilines is 1. The Hall–Kier alpha value is -3.45. The van der Waals surface area contributed by atoms with Crippen LogP contribution in [0.2, 0.25) is 0 Å². The number of hydrogen-bond acceptors (Lipinski definition) is 6. The van der Waals surface area contributed by atoms with Gasteiger partial charge in [-0.05, 0) is 42.0 Å². The number of thiazole rings is 1. The van der Waals surface area contributed by atoms with Crippen molar-refractivity contribution in [2.24, 2.45) is 10.1 Å². The van der Waals surface area contributed by atoms with E-state index in [9.17, 15) is 0 Å². The lowest BCUT2D eigenvalue weighted by molar-refractivity contribution is 0.575. The van der Waals surface area contributed by atoms with Gasteiger partial charge >= 0.3 is 0 Å². The largest absolute Gasteiger partial charge is 0.463 e. The first kappa shape index (κ1) is 17.9. The monoisotopic (exact) mass is 389 g/mol. The predicted molar refractivity (Wildman–Crippen MR) is 113 cm³/mol. The SMILES string of the molecule is CN(C)c1ccc(C=Nn2c(-c3ccco3)csc2=Nc2cccnc2)cc1. The molecule has 0 amide bonds. The number of nitrogens with zero attached hydrogens (tertiary/aromatic N) is 5. The van der Waals surface area contributed by atoms with Gasteiger partial charge in [0.1, 0.15) is 5.69 Å². The molecule has 4 rings (SSSR count). The molecule has 4 aromatic rings. The zero-order valence-electron chi connectivity index (χ0n) is 15.6. The fraction of sp³-hybridized carbons (Fsp3) is 0.0952. The van der Waals surface area contributed by atoms with E-state index in [4.69, 9.17) is 4.42 Å². The van der Waals surface area contributed by atoms with Gasteiger partial charge in [-0.2, -0.15) is 5.10 Å². The summed E-state index contributed by atoms with van der Waals surface area (Å²) in [6.07, 6.45) is 6.92. The second kappa shape index (κ2) is 8.06. The molecule has 0 saturated carbocycles. The van der Waals surface area contributed by atoms with Crippen LogP contribution in [0.25, 0.3) is 11.5 Å². The van der Waals surface area contributed by atoms with Crippen LogP contribution in [-0.2, 0) is 0 Å². The summed E-state index contributed by atoms with van der Waals surface area (Å²) in [4.78, 5) is 11.6. The summed E-state index contributed by atoms with van der Waals surface area (Å²) in [6, 6.07) is 15.7. The van der Waals surface area contributed by atoms with Gasteiger partial charge in [0.15, 0.2) is 5.76 Å². The highest BCUT2D eigenvalue weighted by atomic mass is 32.1. The van der Waals surface area contributed by atoms with Crippen molar-refractivity contribution in [2.45, 2.75) is 0 Å². The van der Waals surface area contributed by atoms with Crippen LogP contribution in [-0.4, -0.2) is 30.0 Å². The fourth-order valence-electron chi connectivity index (χ4n) is 2.60. The summed E-state index contributed by atoms with van der Waals surface area (Å²) in [6.45, 7) is 0. The highest BCUT2D eigenvalue weighted by Gasteiger charge is 2.10. The topological polar surface area (TPSA) is 58.9 Å². The highest BCUT2D eigenvalue weighted by molar-refractivity contribution is 7.07. The van der Waals surface area contributed by atoms with Crippen molar-refractivity contribution < 1.29 is 4.42 Å². The van der Waals surface area contributed by atoms with Crippen LogP contribution in [0.15, 0.2) is 87.1 Å². The smallest absolute Gasteiger partial charge is 0.211 e. The molecule has 140 valence electrons. The zero-order chi connectivity index (χ0) is 19.3. The third-order valence-electron chi connectivity index (χ3n) is 4.06. The van der Waals surface area contributed by atoms with Crippen molar-refractivity contribution in [1.29, 1.82) is 0 Å². The van der Waals surface area contributed by atoms with Gasteiger partial charge in [0.2, 0.25) is 4.80 Å². The third-order valence-corrected chi connectivity index (χ3v) is 4.88. The molecule has 28 heavy (non-hydrogen) atoms. The number of pyridine rings is 1. The number of rotatable bonds is 5. The molecule has 0 N–H and O–H groups in total. The summed E-state index contributed by atoms with van der Waals surface area (Å²) in [7, 11) is 4.04. The van der Waals surface area contributed by atoms with E-state index < -0.39 is 0 Å². The minimum atomic E-state index is 0.737. The fourth-order valence-corrected chi connectivity index (χ4v) is 3.43. The maximum atomic E-state index is 5.57. The van der Waals surface area contributed by atoms with E-state index in [0.717, 1.165) is 33.2 Å². The van der Waals surface area contributed by atoms with Crippen molar-refractivity contribution in [2.75, 3.05) is 19.0 Å². The molecule has 3 heterocycles. The van der Waals surface area contributed by atoms with E-state index in [1.807, 2.05) is 62.1 Å². The second-order valence-corrected chi connectivity index (χ2v) is 7.08. The molecule has 6 nitrogen and oxygen atoms in total. The third kappa shape index (κ3) is 3.94. The molecule has 3 aromatic heterocycles. The lowest BCUT2D eigenvalue weighted by Gasteiger charge is -2.11. The average Bonchev–Trinajstić information content (AvgIpc) is 3.37. The molecular weight excluding hydrogens is 370 g/mol. The molecule has 0 spiro atoms. The summed E-state index contributed by atoms with van der Waals surface area (Å²) >= 11 is 1.50. The lowest BCUT2D eigenvalue weighted by atomic mass is 10.2. The van der Waals surface area contributed by atoms with Gasteiger partial charge in [-0.25, -0.2) is 9.67 Å². The minimum Gasteiger partial charge on any atom is -0.463 e. The summed E-state index contributed by atoms with van der Waals surface area (Å²) in [5.41, 5.74) is 3.76. The molecule has 0 radical (unpaired) electrons. The van der Waals surface area contributed by atoms with Gasteiger partial charge < -0.3 is 9.32 Å². The van der Waals surface area contributed by atoms with Crippen LogP contribution in [0.3, 0.4) is 0 Å². The normalized spacial score (nSPS) is 12.0. The first-order valence-corrected chi connectivity index (χ1v) is 9.59. The number of benzene rings is 1. The first-order valence-electron chi connectivity index (χ1n) is 8.71. The van der Waals surface area contributed by atoms with E-state index in [0.29, 0.717) is 0 Å². The van der Waals surface area contributed by atoms with Gasteiger partial charge in [0.25, 0.3) is 0 Å². The predicted octanol–water partition coefficient (Wildman–Crippen LogP) is 4.39. The molecule has 7 heteroatoms. The van der Waals surface area contributed by atoms with Crippen molar-refractivity contribution in [3.8, 4) is 11.5 Å². The van der Waals surface area contributed by atoms with E-state index in [-0.39, 0.29) is 0 Å². The van der Waals surface area contributed by atoms with E-state index in [1.165, 1.54) is 11.3 Å². The Morgan fingerprint density at radius 1 is 1.11 bits per heavy atom. The quantitative estimate of drug-likeness (QED) is 0.476. The Balaban J connectivity index is 1.75. The van der Waals surface area contributed by atoms with Crippen LogP contribution in [0.4, 0.5) is 11.4 Å². The summed E-state index contributed by atoms with van der Waals surface area (Å²) < 4.78 is 7.36. The maximum absolute atomic E-state index is 5.57. The summed E-state index contributed by atoms with van der Waals surface area (Å²) in [5, 5.41) is 6.66. The minimum absolute atomic E-state index is 0.737. The van der Waals surface area contributed by atoms with E-state index >= 15 is 0 Å². The molecular formula is C21H19N5OS. The Morgan fingerprint density at radius 2 is 1.96 bits per heavy atom. The van der Waals surface area contributed by atoms with Gasteiger partial charge in [-0.3, -0.25) is 4.98 Å². The van der Waals surface area contributed by atoms with Crippen molar-refractivity contribution in [3.05, 3.63) is 82.9 Å². The number of hydrogen-bond donors (Lipinski definition) is 0. The number of aromatic nitrogens is 2. The molecule has 0 saturated heterocycles. The first-order chi connectivity index (χ1) is 13.7. The van der Waals surface area contributed by atoms with Crippen LogP contribution in [0.1, 0.15) is 5.56 Å². The molecule has 0 atom stereocenters. The van der Waals surface area contributed by atoms with Crippen LogP contribution < -0.4 is 9.70 Å². The van der Waals surface area contributed by atoms with Crippen molar-refractivity contribution in [1.82, 2.24) is 9.66 Å². The summed E-state index contributed by atoms with van der Waals surface area (Å²) in [5.74, 6) is 0.740. The Bertz CT molecular complexity index is 1120. The van der Waals surface area contributed by atoms with Gasteiger partial charge in [-0.15, -0.1) is 11.3 Å². The lowest BCUT2D eigenvalue weighted by Crippen LogP contribution is -2.11. The Kier molecular flexibility index (Phi) is 5.16. The standard InChI is InChI=1S/C21H19N5OS/c1-25(2)18-9-7-16(8-10-18)13-23-26-19(20-6-4-12-27-20)15-28-21(26)24-17-5-3-11-22-14-17/h3-15H,1-2H3. The average molecular weight is 389 g/mol. The number of furan rings is 1. The molecule has 0 aliphatic rings. The molecule has 1 aromatic carbocycles. The van der Waals surface area contributed by atoms with Crippen LogP contribution >= 0.6 is 11.3 Å². The van der Waals surface area contributed by atoms with Crippen molar-refractivity contribution in [3.63, 3.8) is 0 Å². The molecule has 0 unspecified atom stereocenters. The second-order valence-electron chi connectivity index (χ2n) is 6.25. The van der Waals surface area contributed by atoms with E-state index in [2.05, 4.69) is 32.1 Å². The van der Waals surface area contributed by atoms with Crippen molar-refractivity contribution >= 4 is 28.9 Å². The van der Waals surface area contributed by atoms with Crippen LogP contribution in [0, 0.1) is 0 Å². The Labute approximate surface area is 166 Å². The molecule has 0 fully saturated rings. The van der Waals surface area contributed by atoms with Gasteiger partial charge in [0.05, 0.1) is 24.4 Å².